The van der Waals surface area contributed by atoms with Gasteiger partial charge < -0.3 is 0 Å². The van der Waals surface area contributed by atoms with E-state index in [4.69, 9.17) is 17.4 Å². The van der Waals surface area contributed by atoms with Gasteiger partial charge in [0.15, 0.2) is 0 Å². The lowest BCUT2D eigenvalue weighted by Gasteiger charge is -2.16. The highest BCUT2D eigenvalue weighted by Crippen LogP contribution is 2.59. The minimum atomic E-state index is 0.449. The van der Waals surface area contributed by atoms with Gasteiger partial charge in [-0.25, -0.2) is 0 Å². The van der Waals surface area contributed by atoms with Crippen LogP contribution in [0.25, 0.3) is 0 Å². The molecule has 3 unspecified atom stereocenters. The van der Waals surface area contributed by atoms with E-state index in [0.29, 0.717) is 6.04 Å². The fourth-order valence-corrected chi connectivity index (χ4v) is 4.60. The highest BCUT2D eigenvalue weighted by molar-refractivity contribution is 7.16. The molecule has 3 N–H and O–H groups in total. The third kappa shape index (κ3) is 1.90. The predicted octanol–water partition coefficient (Wildman–Crippen LogP) is 2.82. The number of nitrogens with two attached hydrogens (primary N) is 1. The summed E-state index contributed by atoms with van der Waals surface area (Å²) in [4.78, 5) is 1.35. The summed E-state index contributed by atoms with van der Waals surface area (Å²) < 4.78 is 0.877. The predicted molar refractivity (Wildman–Crippen MR) is 68.5 cm³/mol. The quantitative estimate of drug-likeness (QED) is 0.642. The van der Waals surface area contributed by atoms with E-state index >= 15 is 0 Å². The molecule has 1 aromatic heterocycles. The molecule has 0 bridgehead atoms. The summed E-state index contributed by atoms with van der Waals surface area (Å²) in [5.74, 6) is 8.42. The molecule has 0 aromatic carbocycles. The highest BCUT2D eigenvalue weighted by Gasteiger charge is 2.55. The van der Waals surface area contributed by atoms with Crippen LogP contribution in [-0.4, -0.2) is 6.04 Å². The first-order chi connectivity index (χ1) is 7.79. The normalized spacial score (nSPS) is 33.8. The molecule has 2 aliphatic rings. The van der Waals surface area contributed by atoms with Gasteiger partial charge in [0.25, 0.3) is 0 Å². The van der Waals surface area contributed by atoms with Crippen LogP contribution >= 0.6 is 22.9 Å². The Balaban J connectivity index is 1.64. The van der Waals surface area contributed by atoms with Crippen molar-refractivity contribution in [3.63, 3.8) is 0 Å². The van der Waals surface area contributed by atoms with Gasteiger partial charge in [-0.15, -0.1) is 11.3 Å². The number of thiophene rings is 1. The second-order valence-electron chi connectivity index (χ2n) is 5.02. The number of halogens is 1. The Hall–Kier alpha value is -0.0900. The van der Waals surface area contributed by atoms with Crippen LogP contribution in [0.1, 0.15) is 24.1 Å². The molecule has 88 valence electrons. The molecule has 3 rings (SSSR count). The SMILES string of the molecule is NNC(Cc1ccc(Cl)s1)C1C2CCCC21. The first-order valence-corrected chi connectivity index (χ1v) is 7.19. The Bertz CT molecular complexity index is 369. The summed E-state index contributed by atoms with van der Waals surface area (Å²) in [6.07, 6.45) is 5.29. The average molecular weight is 257 g/mol. The minimum Gasteiger partial charge on any atom is -0.271 e. The number of hydrazine groups is 1. The van der Waals surface area contributed by atoms with E-state index in [-0.39, 0.29) is 0 Å². The molecule has 0 amide bonds. The summed E-state index contributed by atoms with van der Waals surface area (Å²) in [7, 11) is 0. The van der Waals surface area contributed by atoms with Crippen LogP contribution in [0, 0.1) is 17.8 Å². The van der Waals surface area contributed by atoms with Gasteiger partial charge in [-0.2, -0.15) is 0 Å². The van der Waals surface area contributed by atoms with E-state index in [1.165, 1.54) is 24.1 Å². The number of nitrogens with one attached hydrogen (secondary N) is 1. The summed E-state index contributed by atoms with van der Waals surface area (Å²) in [5, 5.41) is 0. The fraction of sp³-hybridized carbons (Fsp3) is 0.667. The summed E-state index contributed by atoms with van der Waals surface area (Å²) in [6.45, 7) is 0. The van der Waals surface area contributed by atoms with Crippen LogP contribution in [-0.2, 0) is 6.42 Å². The molecule has 0 aliphatic heterocycles. The maximum atomic E-state index is 5.94. The number of hydrogen-bond acceptors (Lipinski definition) is 3. The van der Waals surface area contributed by atoms with Crippen LogP contribution < -0.4 is 11.3 Å². The molecule has 0 saturated heterocycles. The molecular weight excluding hydrogens is 240 g/mol. The molecule has 0 spiro atoms. The minimum absolute atomic E-state index is 0.449. The molecular formula is C12H17ClN2S. The van der Waals surface area contributed by atoms with Crippen molar-refractivity contribution in [2.75, 3.05) is 0 Å². The van der Waals surface area contributed by atoms with Crippen molar-refractivity contribution < 1.29 is 0 Å². The monoisotopic (exact) mass is 256 g/mol. The van der Waals surface area contributed by atoms with Crippen LogP contribution in [0.4, 0.5) is 0 Å². The summed E-state index contributed by atoms with van der Waals surface area (Å²) in [6, 6.07) is 4.54. The number of rotatable bonds is 4. The van der Waals surface area contributed by atoms with E-state index in [2.05, 4.69) is 11.5 Å². The van der Waals surface area contributed by atoms with Gasteiger partial charge in [0, 0.05) is 10.9 Å². The Kier molecular flexibility index (Phi) is 2.96. The maximum Gasteiger partial charge on any atom is 0.0931 e. The molecule has 4 heteroatoms. The van der Waals surface area contributed by atoms with Crippen molar-refractivity contribution in [1.82, 2.24) is 5.43 Å². The maximum absolute atomic E-state index is 5.94. The van der Waals surface area contributed by atoms with Crippen LogP contribution in [0.2, 0.25) is 4.34 Å². The van der Waals surface area contributed by atoms with Crippen molar-refractivity contribution in [3.8, 4) is 0 Å². The van der Waals surface area contributed by atoms with Crippen molar-refractivity contribution in [2.45, 2.75) is 31.7 Å². The van der Waals surface area contributed by atoms with Crippen molar-refractivity contribution in [2.24, 2.45) is 23.6 Å². The van der Waals surface area contributed by atoms with Crippen LogP contribution in [0.5, 0.6) is 0 Å². The van der Waals surface area contributed by atoms with Gasteiger partial charge in [-0.05, 0) is 49.1 Å². The standard InChI is InChI=1S/C12H17ClN2S/c13-11-5-4-7(16-11)6-10(15-14)12-8-2-1-3-9(8)12/h4-5,8-10,12,15H,1-3,6,14H2. The second-order valence-corrected chi connectivity index (χ2v) is 6.82. The third-order valence-corrected chi connectivity index (χ3v) is 5.45. The lowest BCUT2D eigenvalue weighted by molar-refractivity contribution is 0.412. The zero-order valence-electron chi connectivity index (χ0n) is 9.16. The van der Waals surface area contributed by atoms with Crippen molar-refractivity contribution in [1.29, 1.82) is 0 Å². The molecule has 2 saturated carbocycles. The van der Waals surface area contributed by atoms with E-state index in [9.17, 15) is 0 Å². The lowest BCUT2D eigenvalue weighted by atomic mass is 10.0. The fourth-order valence-electron chi connectivity index (χ4n) is 3.46. The average Bonchev–Trinajstić information content (AvgIpc) is 2.70. The Labute approximate surface area is 105 Å². The zero-order chi connectivity index (χ0) is 11.1. The lowest BCUT2D eigenvalue weighted by Crippen LogP contribution is -2.39. The van der Waals surface area contributed by atoms with Gasteiger partial charge in [0.1, 0.15) is 0 Å². The van der Waals surface area contributed by atoms with E-state index in [1.54, 1.807) is 11.3 Å². The first-order valence-electron chi connectivity index (χ1n) is 6.00. The van der Waals surface area contributed by atoms with Gasteiger partial charge >= 0.3 is 0 Å². The Morgan fingerprint density at radius 3 is 2.75 bits per heavy atom. The number of hydrogen-bond donors (Lipinski definition) is 2. The molecule has 2 fully saturated rings. The van der Waals surface area contributed by atoms with Crippen molar-refractivity contribution >= 4 is 22.9 Å². The van der Waals surface area contributed by atoms with Crippen LogP contribution in [0.15, 0.2) is 12.1 Å². The molecule has 3 atom stereocenters. The second kappa shape index (κ2) is 4.30. The molecule has 1 aromatic rings. The van der Waals surface area contributed by atoms with Gasteiger partial charge in [-0.1, -0.05) is 18.0 Å². The molecule has 0 radical (unpaired) electrons. The third-order valence-electron chi connectivity index (χ3n) is 4.20. The van der Waals surface area contributed by atoms with Gasteiger partial charge in [0.2, 0.25) is 0 Å². The number of fused-ring (bicyclic) bond motifs is 1. The molecule has 2 nitrogen and oxygen atoms in total. The Morgan fingerprint density at radius 1 is 1.44 bits per heavy atom. The van der Waals surface area contributed by atoms with Gasteiger partial charge in [0.05, 0.1) is 4.34 Å². The summed E-state index contributed by atoms with van der Waals surface area (Å²) in [5.41, 5.74) is 3.01. The molecule has 16 heavy (non-hydrogen) atoms. The van der Waals surface area contributed by atoms with E-state index in [1.807, 2.05) is 6.07 Å². The topological polar surface area (TPSA) is 38.0 Å². The Morgan fingerprint density at radius 2 is 2.19 bits per heavy atom. The molecule has 1 heterocycles. The van der Waals surface area contributed by atoms with E-state index < -0.39 is 0 Å². The zero-order valence-corrected chi connectivity index (χ0v) is 10.7. The highest BCUT2D eigenvalue weighted by atomic mass is 35.5. The van der Waals surface area contributed by atoms with E-state index in [0.717, 1.165) is 28.5 Å². The molecule has 2 aliphatic carbocycles. The summed E-state index contributed by atoms with van der Waals surface area (Å²) >= 11 is 7.62. The van der Waals surface area contributed by atoms with Crippen molar-refractivity contribution in [3.05, 3.63) is 21.3 Å². The first kappa shape index (κ1) is 11.0. The smallest absolute Gasteiger partial charge is 0.0931 e. The van der Waals surface area contributed by atoms with Gasteiger partial charge in [-0.3, -0.25) is 11.3 Å². The van der Waals surface area contributed by atoms with Crippen LogP contribution in [0.3, 0.4) is 0 Å². The largest absolute Gasteiger partial charge is 0.271 e.